The minimum atomic E-state index is -0.0437. The maximum Gasteiger partial charge on any atom is 0.170 e. The van der Waals surface area contributed by atoms with Crippen LogP contribution >= 0.6 is 11.6 Å². The molecule has 1 aliphatic rings. The fourth-order valence-corrected chi connectivity index (χ4v) is 4.25. The summed E-state index contributed by atoms with van der Waals surface area (Å²) >= 11 is 6.12. The molecule has 1 saturated heterocycles. The van der Waals surface area contributed by atoms with Gasteiger partial charge < -0.3 is 4.74 Å². The second-order valence-corrected chi connectivity index (χ2v) is 7.73. The molecule has 0 bridgehead atoms. The molecule has 2 heterocycles. The summed E-state index contributed by atoms with van der Waals surface area (Å²) in [7, 11) is 1.59. The zero-order valence-electron chi connectivity index (χ0n) is 15.9. The standard InChI is InChI=1S/C23H23ClN2O2/c1-28-22-8-7-19(24)12-21(22)23(27)18-6-3-11-26(15-18)14-17-5-2-4-16-13-25-10-9-20(16)17/h2,4-5,7-10,12-13,18H,3,6,11,14-15H2,1H3/t18-/m1/s1. The zero-order chi connectivity index (χ0) is 19.5. The van der Waals surface area contributed by atoms with Crippen molar-refractivity contribution in [3.63, 3.8) is 0 Å². The van der Waals surface area contributed by atoms with Gasteiger partial charge in [-0.2, -0.15) is 0 Å². The van der Waals surface area contributed by atoms with Crippen LogP contribution in [0.3, 0.4) is 0 Å². The van der Waals surface area contributed by atoms with E-state index in [1.807, 2.05) is 12.4 Å². The number of rotatable bonds is 5. The lowest BCUT2D eigenvalue weighted by molar-refractivity contribution is 0.0809. The van der Waals surface area contributed by atoms with Crippen molar-refractivity contribution in [3.8, 4) is 5.75 Å². The molecular weight excluding hydrogens is 372 g/mol. The molecule has 1 aromatic heterocycles. The summed E-state index contributed by atoms with van der Waals surface area (Å²) in [6, 6.07) is 13.6. The van der Waals surface area contributed by atoms with Crippen LogP contribution in [0, 0.1) is 5.92 Å². The van der Waals surface area contributed by atoms with Crippen molar-refractivity contribution in [3.05, 3.63) is 71.0 Å². The van der Waals surface area contributed by atoms with Crippen molar-refractivity contribution in [1.29, 1.82) is 0 Å². The van der Waals surface area contributed by atoms with E-state index in [2.05, 4.69) is 34.1 Å². The Morgan fingerprint density at radius 2 is 2.18 bits per heavy atom. The molecule has 1 aliphatic heterocycles. The lowest BCUT2D eigenvalue weighted by Crippen LogP contribution is -2.38. The monoisotopic (exact) mass is 394 g/mol. The summed E-state index contributed by atoms with van der Waals surface area (Å²) in [6.07, 6.45) is 5.63. The lowest BCUT2D eigenvalue weighted by atomic mass is 9.89. The number of piperidine rings is 1. The van der Waals surface area contributed by atoms with Crippen molar-refractivity contribution < 1.29 is 9.53 Å². The Bertz CT molecular complexity index is 1000. The lowest BCUT2D eigenvalue weighted by Gasteiger charge is -2.32. The molecule has 0 radical (unpaired) electrons. The first kappa shape index (κ1) is 18.9. The average Bonchev–Trinajstić information content (AvgIpc) is 2.74. The number of ketones is 1. The largest absolute Gasteiger partial charge is 0.496 e. The number of halogens is 1. The number of ether oxygens (including phenoxy) is 1. The van der Waals surface area contributed by atoms with Gasteiger partial charge in [0.15, 0.2) is 5.78 Å². The molecule has 0 aliphatic carbocycles. The smallest absolute Gasteiger partial charge is 0.170 e. The van der Waals surface area contributed by atoms with Gasteiger partial charge in [-0.3, -0.25) is 14.7 Å². The molecule has 0 spiro atoms. The molecule has 3 aromatic rings. The van der Waals surface area contributed by atoms with E-state index in [9.17, 15) is 4.79 Å². The first-order chi connectivity index (χ1) is 13.7. The van der Waals surface area contributed by atoms with Crippen LogP contribution in [-0.4, -0.2) is 35.9 Å². The number of nitrogens with zero attached hydrogens (tertiary/aromatic N) is 2. The molecule has 144 valence electrons. The van der Waals surface area contributed by atoms with Crippen LogP contribution in [0.15, 0.2) is 54.9 Å². The van der Waals surface area contributed by atoms with Crippen LogP contribution in [0.1, 0.15) is 28.8 Å². The first-order valence-corrected chi connectivity index (χ1v) is 9.95. The number of carbonyl (C=O) groups is 1. The van der Waals surface area contributed by atoms with E-state index in [0.29, 0.717) is 16.3 Å². The second kappa shape index (κ2) is 8.29. The third-order valence-corrected chi connectivity index (χ3v) is 5.70. The molecular formula is C23H23ClN2O2. The summed E-state index contributed by atoms with van der Waals surface area (Å²) < 4.78 is 5.38. The maximum atomic E-state index is 13.2. The number of carbonyl (C=O) groups excluding carboxylic acids is 1. The minimum absolute atomic E-state index is 0.0437. The van der Waals surface area contributed by atoms with E-state index >= 15 is 0 Å². The van der Waals surface area contributed by atoms with Gasteiger partial charge >= 0.3 is 0 Å². The number of fused-ring (bicyclic) bond motifs is 1. The molecule has 0 amide bonds. The molecule has 1 fully saturated rings. The van der Waals surface area contributed by atoms with E-state index in [-0.39, 0.29) is 11.7 Å². The van der Waals surface area contributed by atoms with E-state index in [4.69, 9.17) is 16.3 Å². The van der Waals surface area contributed by atoms with Crippen molar-refractivity contribution in [2.24, 2.45) is 5.92 Å². The highest BCUT2D eigenvalue weighted by Gasteiger charge is 2.28. The van der Waals surface area contributed by atoms with Crippen LogP contribution < -0.4 is 4.74 Å². The maximum absolute atomic E-state index is 13.2. The Labute approximate surface area is 170 Å². The summed E-state index contributed by atoms with van der Waals surface area (Å²) in [4.78, 5) is 19.8. The van der Waals surface area contributed by atoms with Crippen LogP contribution in [0.4, 0.5) is 0 Å². The second-order valence-electron chi connectivity index (χ2n) is 7.30. The highest BCUT2D eigenvalue weighted by Crippen LogP contribution is 2.29. The van der Waals surface area contributed by atoms with E-state index in [0.717, 1.165) is 37.9 Å². The number of likely N-dealkylation sites (tertiary alicyclic amines) is 1. The predicted octanol–water partition coefficient (Wildman–Crippen LogP) is 4.99. The number of aromatic nitrogens is 1. The number of methoxy groups -OCH3 is 1. The molecule has 4 rings (SSSR count). The summed E-state index contributed by atoms with van der Waals surface area (Å²) in [5.74, 6) is 0.664. The quantitative estimate of drug-likeness (QED) is 0.571. The molecule has 0 saturated carbocycles. The Hall–Kier alpha value is -2.43. The summed E-state index contributed by atoms with van der Waals surface area (Å²) in [5, 5.41) is 2.93. The summed E-state index contributed by atoms with van der Waals surface area (Å²) in [5.41, 5.74) is 1.85. The van der Waals surface area contributed by atoms with Gasteiger partial charge in [0.05, 0.1) is 12.7 Å². The van der Waals surface area contributed by atoms with Gasteiger partial charge in [0.1, 0.15) is 5.75 Å². The van der Waals surface area contributed by atoms with Gasteiger partial charge in [0, 0.05) is 41.8 Å². The minimum Gasteiger partial charge on any atom is -0.496 e. The Balaban J connectivity index is 1.53. The van der Waals surface area contributed by atoms with Crippen molar-refractivity contribution >= 4 is 28.2 Å². The molecule has 5 heteroatoms. The van der Waals surface area contributed by atoms with Crippen molar-refractivity contribution in [2.75, 3.05) is 20.2 Å². The molecule has 28 heavy (non-hydrogen) atoms. The predicted molar refractivity (Wildman–Crippen MR) is 112 cm³/mol. The molecule has 4 nitrogen and oxygen atoms in total. The Kier molecular flexibility index (Phi) is 5.60. The Morgan fingerprint density at radius 1 is 1.29 bits per heavy atom. The number of hydrogen-bond acceptors (Lipinski definition) is 4. The first-order valence-electron chi connectivity index (χ1n) is 9.57. The van der Waals surface area contributed by atoms with Gasteiger partial charge in [0.25, 0.3) is 0 Å². The van der Waals surface area contributed by atoms with E-state index in [1.165, 1.54) is 10.9 Å². The van der Waals surface area contributed by atoms with Gasteiger partial charge in [0.2, 0.25) is 0 Å². The van der Waals surface area contributed by atoms with Gasteiger partial charge in [-0.05, 0) is 54.6 Å². The van der Waals surface area contributed by atoms with Crippen molar-refractivity contribution in [1.82, 2.24) is 9.88 Å². The fourth-order valence-electron chi connectivity index (χ4n) is 4.07. The van der Waals surface area contributed by atoms with Crippen molar-refractivity contribution in [2.45, 2.75) is 19.4 Å². The van der Waals surface area contributed by atoms with Crippen LogP contribution in [0.25, 0.3) is 10.8 Å². The SMILES string of the molecule is COc1ccc(Cl)cc1C(=O)[C@@H]1CCCN(Cc2cccc3cnccc23)C1. The topological polar surface area (TPSA) is 42.4 Å². The van der Waals surface area contributed by atoms with E-state index < -0.39 is 0 Å². The average molecular weight is 395 g/mol. The number of benzene rings is 2. The molecule has 2 aromatic carbocycles. The van der Waals surface area contributed by atoms with Gasteiger partial charge in [-0.25, -0.2) is 0 Å². The summed E-state index contributed by atoms with van der Waals surface area (Å²) in [6.45, 7) is 2.58. The third-order valence-electron chi connectivity index (χ3n) is 5.47. The normalized spacial score (nSPS) is 17.6. The highest BCUT2D eigenvalue weighted by molar-refractivity contribution is 6.31. The van der Waals surface area contributed by atoms with Gasteiger partial charge in [-0.1, -0.05) is 29.8 Å². The number of hydrogen-bond donors (Lipinski definition) is 0. The third kappa shape index (κ3) is 3.89. The fraction of sp³-hybridized carbons (Fsp3) is 0.304. The molecule has 0 unspecified atom stereocenters. The highest BCUT2D eigenvalue weighted by atomic mass is 35.5. The van der Waals surface area contributed by atoms with E-state index in [1.54, 1.807) is 25.3 Å². The van der Waals surface area contributed by atoms with Crippen LogP contribution in [-0.2, 0) is 6.54 Å². The Morgan fingerprint density at radius 3 is 3.04 bits per heavy atom. The molecule has 1 atom stereocenters. The number of Topliss-reactive ketones (excluding diaryl/α,β-unsaturated/α-hetero) is 1. The van der Waals surface area contributed by atoms with Gasteiger partial charge in [-0.15, -0.1) is 0 Å². The van der Waals surface area contributed by atoms with Crippen LogP contribution in [0.5, 0.6) is 5.75 Å². The zero-order valence-corrected chi connectivity index (χ0v) is 16.7. The number of pyridine rings is 1. The van der Waals surface area contributed by atoms with Crippen LogP contribution in [0.2, 0.25) is 5.02 Å². The molecule has 0 N–H and O–H groups in total.